The molecule has 0 bridgehead atoms. The Kier molecular flexibility index (Phi) is 5.02. The molecule has 0 radical (unpaired) electrons. The zero-order valence-electron chi connectivity index (χ0n) is 15.4. The molecule has 0 saturated heterocycles. The van der Waals surface area contributed by atoms with E-state index >= 15 is 0 Å². The minimum Gasteiger partial charge on any atom is -0.309 e. The van der Waals surface area contributed by atoms with Gasteiger partial charge in [0.1, 0.15) is 0 Å². The van der Waals surface area contributed by atoms with Gasteiger partial charge in [-0.1, -0.05) is 44.0 Å². The highest BCUT2D eigenvalue weighted by atomic mass is 79.9. The lowest BCUT2D eigenvalue weighted by Crippen LogP contribution is -2.42. The fraction of sp³-hybridized carbons (Fsp3) is 0.182. The average molecular weight is 502 g/mol. The molecular formula is C22H18Br2N2O2. The van der Waals surface area contributed by atoms with Gasteiger partial charge in [0.05, 0.1) is 12.1 Å². The number of hydrogen-bond acceptors (Lipinski definition) is 2. The van der Waals surface area contributed by atoms with Gasteiger partial charge in [0.2, 0.25) is 11.8 Å². The molecule has 0 saturated carbocycles. The van der Waals surface area contributed by atoms with Crippen molar-refractivity contribution < 1.29 is 9.59 Å². The fourth-order valence-corrected chi connectivity index (χ4v) is 4.72. The Morgan fingerprint density at radius 1 is 0.750 bits per heavy atom. The van der Waals surface area contributed by atoms with Gasteiger partial charge in [-0.15, -0.1) is 0 Å². The minimum atomic E-state index is -0.336. The van der Waals surface area contributed by atoms with Gasteiger partial charge in [-0.25, -0.2) is 0 Å². The Bertz CT molecular complexity index is 961. The number of carbonyl (C=O) groups is 2. The number of fused-ring (bicyclic) bond motifs is 2. The van der Waals surface area contributed by atoms with Gasteiger partial charge in [0.25, 0.3) is 0 Å². The molecule has 0 aromatic heterocycles. The second-order valence-corrected chi connectivity index (χ2v) is 8.75. The van der Waals surface area contributed by atoms with Crippen LogP contribution >= 0.6 is 31.9 Å². The molecule has 2 aliphatic rings. The fourth-order valence-electron chi connectivity index (χ4n) is 3.96. The molecule has 4 nitrogen and oxygen atoms in total. The number of nitrogens with zero attached hydrogens (tertiary/aromatic N) is 2. The number of hydrogen-bond donors (Lipinski definition) is 0. The minimum absolute atomic E-state index is 0.0681. The summed E-state index contributed by atoms with van der Waals surface area (Å²) in [6, 6.07) is 11.4. The molecule has 2 amide bonds. The molecule has 2 aromatic carbocycles. The number of rotatable bonds is 1. The lowest BCUT2D eigenvalue weighted by molar-refractivity contribution is -0.134. The van der Waals surface area contributed by atoms with Gasteiger partial charge in [0, 0.05) is 35.2 Å². The molecule has 0 unspecified atom stereocenters. The summed E-state index contributed by atoms with van der Waals surface area (Å²) in [4.78, 5) is 28.5. The van der Waals surface area contributed by atoms with Gasteiger partial charge < -0.3 is 9.80 Å². The first-order chi connectivity index (χ1) is 13.4. The van der Waals surface area contributed by atoms with Gasteiger partial charge in [-0.05, 0) is 58.7 Å². The molecule has 142 valence electrons. The lowest BCUT2D eigenvalue weighted by atomic mass is 9.83. The van der Waals surface area contributed by atoms with Crippen molar-refractivity contribution >= 4 is 55.8 Å². The third kappa shape index (κ3) is 3.25. The summed E-state index contributed by atoms with van der Waals surface area (Å²) in [7, 11) is 0. The zero-order chi connectivity index (χ0) is 20.0. The predicted molar refractivity (Wildman–Crippen MR) is 117 cm³/mol. The van der Waals surface area contributed by atoms with Crippen LogP contribution in [0.2, 0.25) is 0 Å². The Balaban J connectivity index is 1.97. The maximum absolute atomic E-state index is 12.5. The molecule has 2 aliphatic heterocycles. The number of benzene rings is 2. The van der Waals surface area contributed by atoms with Crippen LogP contribution in [-0.2, 0) is 9.59 Å². The van der Waals surface area contributed by atoms with Crippen LogP contribution in [-0.4, -0.2) is 21.6 Å². The molecule has 6 heteroatoms. The first-order valence-corrected chi connectivity index (χ1v) is 10.5. The first kappa shape index (κ1) is 19.2. The van der Waals surface area contributed by atoms with Crippen molar-refractivity contribution in [2.45, 2.75) is 25.9 Å². The molecule has 0 spiro atoms. The van der Waals surface area contributed by atoms with Gasteiger partial charge in [-0.2, -0.15) is 0 Å². The molecule has 4 rings (SSSR count). The highest BCUT2D eigenvalue weighted by molar-refractivity contribution is 9.10. The van der Waals surface area contributed by atoms with E-state index in [1.165, 1.54) is 0 Å². The summed E-state index contributed by atoms with van der Waals surface area (Å²) in [5.74, 6) is -0.136. The van der Waals surface area contributed by atoms with Crippen molar-refractivity contribution in [2.75, 3.05) is 0 Å². The normalized spacial score (nSPS) is 20.0. The average Bonchev–Trinajstić information content (AvgIpc) is 2.65. The van der Waals surface area contributed by atoms with E-state index in [0.29, 0.717) is 0 Å². The van der Waals surface area contributed by atoms with Crippen molar-refractivity contribution in [3.05, 3.63) is 80.0 Å². The van der Waals surface area contributed by atoms with Crippen LogP contribution in [0.1, 0.15) is 48.2 Å². The Labute approximate surface area is 180 Å². The van der Waals surface area contributed by atoms with Crippen LogP contribution in [0.4, 0.5) is 0 Å². The van der Waals surface area contributed by atoms with Crippen LogP contribution in [0.25, 0.3) is 12.2 Å². The summed E-state index contributed by atoms with van der Waals surface area (Å²) < 4.78 is 1.87. The van der Waals surface area contributed by atoms with E-state index in [9.17, 15) is 9.59 Å². The maximum Gasteiger partial charge on any atom is 0.224 e. The summed E-state index contributed by atoms with van der Waals surface area (Å²) >= 11 is 7.11. The molecule has 0 N–H and O–H groups in total. The second-order valence-electron chi connectivity index (χ2n) is 6.92. The number of carbonyl (C=O) groups excluding carboxylic acids is 2. The first-order valence-electron chi connectivity index (χ1n) is 8.90. The van der Waals surface area contributed by atoms with Crippen molar-refractivity contribution in [3.63, 3.8) is 0 Å². The molecular weight excluding hydrogens is 484 g/mol. The standard InChI is InChI=1S/C22H18Br2N2O2/c1-13(27)25-9-7-15-3-5-17(23)11-19(15)21(25)22-20-12-18(24)6-4-16(20)8-10-26(22)14(2)28/h3-12,21-22H,1-2H3/t21-,22-/m0/s1. The SMILES string of the molecule is CC(=O)N1C=Cc2ccc(Br)cc2[C@H]1[C@@H]1c2cc(Br)ccc2C=CN1C(C)=O. The third-order valence-electron chi connectivity index (χ3n) is 5.19. The largest absolute Gasteiger partial charge is 0.309 e. The number of amides is 2. The smallest absolute Gasteiger partial charge is 0.224 e. The highest BCUT2D eigenvalue weighted by Crippen LogP contribution is 2.46. The Hall–Kier alpha value is -2.18. The van der Waals surface area contributed by atoms with Crippen LogP contribution in [0.15, 0.2) is 57.7 Å². The predicted octanol–water partition coefficient (Wildman–Crippen LogP) is 5.66. The lowest BCUT2D eigenvalue weighted by Gasteiger charge is -2.44. The van der Waals surface area contributed by atoms with E-state index in [4.69, 9.17) is 0 Å². The molecule has 0 aliphatic carbocycles. The molecule has 28 heavy (non-hydrogen) atoms. The van der Waals surface area contributed by atoms with Crippen molar-refractivity contribution in [3.8, 4) is 0 Å². The Morgan fingerprint density at radius 3 is 1.50 bits per heavy atom. The summed E-state index contributed by atoms with van der Waals surface area (Å²) in [6.07, 6.45) is 7.52. The van der Waals surface area contributed by atoms with Crippen molar-refractivity contribution in [1.29, 1.82) is 0 Å². The summed E-state index contributed by atoms with van der Waals surface area (Å²) in [5, 5.41) is 0. The summed E-state index contributed by atoms with van der Waals surface area (Å²) in [5.41, 5.74) is 4.09. The summed E-state index contributed by atoms with van der Waals surface area (Å²) in [6.45, 7) is 3.11. The van der Waals surface area contributed by atoms with Crippen molar-refractivity contribution in [2.24, 2.45) is 0 Å². The topological polar surface area (TPSA) is 40.6 Å². The molecule has 2 aromatic rings. The van der Waals surface area contributed by atoms with E-state index in [-0.39, 0.29) is 23.9 Å². The molecule has 2 heterocycles. The zero-order valence-corrected chi connectivity index (χ0v) is 18.6. The van der Waals surface area contributed by atoms with Crippen molar-refractivity contribution in [1.82, 2.24) is 9.80 Å². The van der Waals surface area contributed by atoms with E-state index in [1.54, 1.807) is 23.6 Å². The second kappa shape index (κ2) is 7.33. The number of halogens is 2. The van der Waals surface area contributed by atoms with E-state index in [2.05, 4.69) is 31.9 Å². The quantitative estimate of drug-likeness (QED) is 0.505. The third-order valence-corrected chi connectivity index (χ3v) is 6.18. The monoisotopic (exact) mass is 500 g/mol. The van der Waals surface area contributed by atoms with E-state index in [0.717, 1.165) is 31.2 Å². The van der Waals surface area contributed by atoms with E-state index < -0.39 is 0 Å². The van der Waals surface area contributed by atoms with Gasteiger partial charge in [-0.3, -0.25) is 9.59 Å². The van der Waals surface area contributed by atoms with Crippen LogP contribution < -0.4 is 0 Å². The van der Waals surface area contributed by atoms with Crippen LogP contribution in [0, 0.1) is 0 Å². The van der Waals surface area contributed by atoms with Crippen LogP contribution in [0.3, 0.4) is 0 Å². The van der Waals surface area contributed by atoms with Gasteiger partial charge >= 0.3 is 0 Å². The maximum atomic E-state index is 12.5. The molecule has 2 atom stereocenters. The van der Waals surface area contributed by atoms with Gasteiger partial charge in [0.15, 0.2) is 0 Å². The van der Waals surface area contributed by atoms with Crippen LogP contribution in [0.5, 0.6) is 0 Å². The van der Waals surface area contributed by atoms with E-state index in [1.807, 2.05) is 61.0 Å². The molecule has 0 fully saturated rings. The Morgan fingerprint density at radius 2 is 1.14 bits per heavy atom. The highest BCUT2D eigenvalue weighted by Gasteiger charge is 2.40.